The third-order valence-corrected chi connectivity index (χ3v) is 3.37. The number of hydrogen-bond acceptors (Lipinski definition) is 3. The maximum atomic E-state index is 11.8. The minimum Gasteiger partial charge on any atom is -0.350 e. The van der Waals surface area contributed by atoms with Crippen LogP contribution in [0.25, 0.3) is 0 Å². The van der Waals surface area contributed by atoms with Gasteiger partial charge in [0.2, 0.25) is 0 Å². The number of aromatic nitrogens is 3. The van der Waals surface area contributed by atoms with E-state index in [9.17, 15) is 4.79 Å². The van der Waals surface area contributed by atoms with Crippen LogP contribution in [-0.4, -0.2) is 27.4 Å². The van der Waals surface area contributed by atoms with Gasteiger partial charge >= 0.3 is 0 Å². The molecule has 19 heavy (non-hydrogen) atoms. The molecule has 1 unspecified atom stereocenters. The zero-order valence-corrected chi connectivity index (χ0v) is 12.4. The quantitative estimate of drug-likeness (QED) is 0.937. The Hall–Kier alpha value is -1.69. The van der Waals surface area contributed by atoms with Crippen molar-refractivity contribution in [2.75, 3.05) is 6.54 Å². The zero-order valence-electron chi connectivity index (χ0n) is 10.8. The molecule has 0 spiro atoms. The number of nitrogens with zero attached hydrogens (tertiary/aromatic N) is 3. The molecule has 6 heteroatoms. The average molecular weight is 323 g/mol. The lowest BCUT2D eigenvalue weighted by molar-refractivity contribution is 0.0946. The number of carbonyl (C=O) groups excluding carboxylic acids is 1. The van der Waals surface area contributed by atoms with Gasteiger partial charge < -0.3 is 5.32 Å². The van der Waals surface area contributed by atoms with E-state index in [2.05, 4.69) is 38.5 Å². The van der Waals surface area contributed by atoms with Crippen LogP contribution in [0.2, 0.25) is 0 Å². The van der Waals surface area contributed by atoms with Crippen LogP contribution < -0.4 is 5.32 Å². The van der Waals surface area contributed by atoms with E-state index in [1.807, 2.05) is 24.3 Å². The van der Waals surface area contributed by atoms with Crippen LogP contribution in [0.1, 0.15) is 28.9 Å². The van der Waals surface area contributed by atoms with Gasteiger partial charge in [0, 0.05) is 18.1 Å². The third-order valence-electron chi connectivity index (χ3n) is 2.84. The Labute approximate surface area is 120 Å². The largest absolute Gasteiger partial charge is 0.350 e. The van der Waals surface area contributed by atoms with Crippen molar-refractivity contribution in [2.24, 2.45) is 7.05 Å². The van der Waals surface area contributed by atoms with E-state index in [-0.39, 0.29) is 11.8 Å². The SMILES string of the molecule is CC(CNC(=O)c1cn(C)nn1)c1ccc(Br)cc1. The Kier molecular flexibility index (Phi) is 4.31. The highest BCUT2D eigenvalue weighted by Gasteiger charge is 2.12. The van der Waals surface area contributed by atoms with Gasteiger partial charge in [-0.15, -0.1) is 5.10 Å². The standard InChI is InChI=1S/C13H15BrN4O/c1-9(10-3-5-11(14)6-4-10)7-15-13(19)12-8-18(2)17-16-12/h3-6,8-9H,7H2,1-2H3,(H,15,19). The molecule has 2 aromatic rings. The Bertz CT molecular complexity index is 564. The molecule has 0 radical (unpaired) electrons. The first-order chi connectivity index (χ1) is 9.06. The summed E-state index contributed by atoms with van der Waals surface area (Å²) in [6, 6.07) is 8.08. The molecule has 0 saturated carbocycles. The summed E-state index contributed by atoms with van der Waals surface area (Å²) >= 11 is 3.40. The van der Waals surface area contributed by atoms with Crippen molar-refractivity contribution >= 4 is 21.8 Å². The van der Waals surface area contributed by atoms with Gasteiger partial charge in [-0.1, -0.05) is 40.2 Å². The lowest BCUT2D eigenvalue weighted by atomic mass is 10.0. The second kappa shape index (κ2) is 5.97. The Morgan fingerprint density at radius 2 is 2.11 bits per heavy atom. The summed E-state index contributed by atoms with van der Waals surface area (Å²) in [7, 11) is 1.73. The van der Waals surface area contributed by atoms with Crippen molar-refractivity contribution < 1.29 is 4.79 Å². The highest BCUT2D eigenvalue weighted by atomic mass is 79.9. The molecule has 0 aliphatic rings. The fraction of sp³-hybridized carbons (Fsp3) is 0.308. The molecule has 1 heterocycles. The van der Waals surface area contributed by atoms with E-state index < -0.39 is 0 Å². The van der Waals surface area contributed by atoms with Gasteiger partial charge in [-0.05, 0) is 23.6 Å². The summed E-state index contributed by atoms with van der Waals surface area (Å²) in [6.45, 7) is 2.64. The molecule has 2 rings (SSSR count). The third kappa shape index (κ3) is 3.64. The van der Waals surface area contributed by atoms with Gasteiger partial charge in [0.25, 0.3) is 5.91 Å². The van der Waals surface area contributed by atoms with E-state index in [0.29, 0.717) is 12.2 Å². The Morgan fingerprint density at radius 1 is 1.42 bits per heavy atom. The number of aryl methyl sites for hydroxylation is 1. The molecule has 100 valence electrons. The minimum atomic E-state index is -0.197. The molecule has 0 fully saturated rings. The van der Waals surface area contributed by atoms with E-state index in [1.165, 1.54) is 10.2 Å². The summed E-state index contributed by atoms with van der Waals surface area (Å²) in [5.41, 5.74) is 1.52. The maximum absolute atomic E-state index is 11.8. The normalized spacial score (nSPS) is 12.2. The van der Waals surface area contributed by atoms with Gasteiger partial charge in [-0.2, -0.15) is 0 Å². The van der Waals surface area contributed by atoms with Crippen LogP contribution >= 0.6 is 15.9 Å². The fourth-order valence-electron chi connectivity index (χ4n) is 1.70. The van der Waals surface area contributed by atoms with Crippen molar-refractivity contribution in [3.05, 3.63) is 46.2 Å². The number of nitrogens with one attached hydrogen (secondary N) is 1. The summed E-state index contributed by atoms with van der Waals surface area (Å²) in [4.78, 5) is 11.8. The minimum absolute atomic E-state index is 0.197. The number of carbonyl (C=O) groups is 1. The van der Waals surface area contributed by atoms with Crippen LogP contribution in [0, 0.1) is 0 Å². The number of amides is 1. The molecule has 5 nitrogen and oxygen atoms in total. The van der Waals surface area contributed by atoms with Gasteiger partial charge in [0.1, 0.15) is 0 Å². The lowest BCUT2D eigenvalue weighted by Gasteiger charge is -2.12. The maximum Gasteiger partial charge on any atom is 0.273 e. The topological polar surface area (TPSA) is 59.8 Å². The molecular formula is C13H15BrN4O. The van der Waals surface area contributed by atoms with E-state index in [0.717, 1.165) is 4.47 Å². The van der Waals surface area contributed by atoms with Crippen LogP contribution in [0.3, 0.4) is 0 Å². The van der Waals surface area contributed by atoms with Crippen LogP contribution in [-0.2, 0) is 7.05 Å². The lowest BCUT2D eigenvalue weighted by Crippen LogP contribution is -2.27. The van der Waals surface area contributed by atoms with Gasteiger partial charge in [-0.3, -0.25) is 9.48 Å². The molecule has 1 aromatic carbocycles. The molecule has 1 amide bonds. The van der Waals surface area contributed by atoms with Gasteiger partial charge in [-0.25, -0.2) is 0 Å². The van der Waals surface area contributed by atoms with Crippen LogP contribution in [0.15, 0.2) is 34.9 Å². The molecule has 1 aromatic heterocycles. The van der Waals surface area contributed by atoms with Crippen molar-refractivity contribution in [3.8, 4) is 0 Å². The average Bonchev–Trinajstić information content (AvgIpc) is 2.83. The fourth-order valence-corrected chi connectivity index (χ4v) is 1.96. The number of halogens is 1. The van der Waals surface area contributed by atoms with Crippen molar-refractivity contribution in [1.82, 2.24) is 20.3 Å². The van der Waals surface area contributed by atoms with Gasteiger partial charge in [0.15, 0.2) is 5.69 Å². The first-order valence-corrected chi connectivity index (χ1v) is 6.75. The van der Waals surface area contributed by atoms with Crippen LogP contribution in [0.4, 0.5) is 0 Å². The van der Waals surface area contributed by atoms with Crippen molar-refractivity contribution in [2.45, 2.75) is 12.8 Å². The molecule has 1 N–H and O–H groups in total. The highest BCUT2D eigenvalue weighted by molar-refractivity contribution is 9.10. The van der Waals surface area contributed by atoms with Gasteiger partial charge in [0.05, 0.1) is 6.20 Å². The van der Waals surface area contributed by atoms with E-state index >= 15 is 0 Å². The summed E-state index contributed by atoms with van der Waals surface area (Å²) < 4.78 is 2.56. The van der Waals surface area contributed by atoms with Crippen molar-refractivity contribution in [1.29, 1.82) is 0 Å². The molecule has 1 atom stereocenters. The molecule has 0 aliphatic heterocycles. The second-order valence-corrected chi connectivity index (χ2v) is 5.36. The van der Waals surface area contributed by atoms with Crippen LogP contribution in [0.5, 0.6) is 0 Å². The Balaban J connectivity index is 1.91. The summed E-state index contributed by atoms with van der Waals surface area (Å²) in [5.74, 6) is 0.0470. The number of hydrogen-bond donors (Lipinski definition) is 1. The van der Waals surface area contributed by atoms with E-state index in [4.69, 9.17) is 0 Å². The number of benzene rings is 1. The molecule has 0 bridgehead atoms. The number of rotatable bonds is 4. The molecular weight excluding hydrogens is 308 g/mol. The predicted molar refractivity (Wildman–Crippen MR) is 75.9 cm³/mol. The zero-order chi connectivity index (χ0) is 13.8. The summed E-state index contributed by atoms with van der Waals surface area (Å²) in [5, 5.41) is 10.4. The monoisotopic (exact) mass is 322 g/mol. The van der Waals surface area contributed by atoms with Crippen molar-refractivity contribution in [3.63, 3.8) is 0 Å². The van der Waals surface area contributed by atoms with E-state index in [1.54, 1.807) is 13.2 Å². The second-order valence-electron chi connectivity index (χ2n) is 4.44. The molecule has 0 saturated heterocycles. The highest BCUT2D eigenvalue weighted by Crippen LogP contribution is 2.17. The summed E-state index contributed by atoms with van der Waals surface area (Å²) in [6.07, 6.45) is 1.60. The molecule has 0 aliphatic carbocycles. The first-order valence-electron chi connectivity index (χ1n) is 5.96. The smallest absolute Gasteiger partial charge is 0.273 e. The predicted octanol–water partition coefficient (Wildman–Crippen LogP) is 2.11. The first kappa shape index (κ1) is 13.7. The Morgan fingerprint density at radius 3 is 2.68 bits per heavy atom.